The summed E-state index contributed by atoms with van der Waals surface area (Å²) >= 11 is 0. The highest BCUT2D eigenvalue weighted by molar-refractivity contribution is 5.76. The van der Waals surface area contributed by atoms with Crippen LogP contribution < -0.4 is 0 Å². The summed E-state index contributed by atoms with van der Waals surface area (Å²) in [5.74, 6) is -0.235. The van der Waals surface area contributed by atoms with Crippen LogP contribution in [0.25, 0.3) is 0 Å². The summed E-state index contributed by atoms with van der Waals surface area (Å²) in [5.41, 5.74) is 3.89. The normalized spacial score (nSPS) is 16.0. The van der Waals surface area contributed by atoms with E-state index in [4.69, 9.17) is 0 Å². The van der Waals surface area contributed by atoms with Gasteiger partial charge in [-0.25, -0.2) is 0 Å². The second-order valence-electron chi connectivity index (χ2n) is 6.10. The summed E-state index contributed by atoms with van der Waals surface area (Å²) in [6.45, 7) is 2.48. The van der Waals surface area contributed by atoms with Crippen LogP contribution in [0.3, 0.4) is 0 Å². The first kappa shape index (κ1) is 14.8. The van der Waals surface area contributed by atoms with E-state index in [0.29, 0.717) is 12.5 Å². The molecule has 116 valence electrons. The third-order valence-electron chi connectivity index (χ3n) is 4.22. The summed E-state index contributed by atoms with van der Waals surface area (Å²) in [5, 5.41) is 17.0. The van der Waals surface area contributed by atoms with Gasteiger partial charge in [0.05, 0.1) is 5.69 Å². The van der Waals surface area contributed by atoms with E-state index in [-0.39, 0.29) is 0 Å². The molecule has 1 aromatic carbocycles. The lowest BCUT2D eigenvalue weighted by Gasteiger charge is -2.25. The number of rotatable bonds is 6. The Morgan fingerprint density at radius 3 is 2.82 bits per heavy atom. The molecule has 2 aromatic rings. The summed E-state index contributed by atoms with van der Waals surface area (Å²) in [6, 6.07) is 9.04. The number of aromatic amines is 1. The molecule has 0 aliphatic heterocycles. The van der Waals surface area contributed by atoms with Crippen LogP contribution in [0, 0.1) is 6.92 Å². The maximum atomic E-state index is 11.7. The van der Waals surface area contributed by atoms with Gasteiger partial charge in [-0.2, -0.15) is 5.10 Å². The van der Waals surface area contributed by atoms with Gasteiger partial charge >= 0.3 is 5.97 Å². The summed E-state index contributed by atoms with van der Waals surface area (Å²) in [6.07, 6.45) is 2.42. The molecule has 1 saturated carbocycles. The van der Waals surface area contributed by atoms with Gasteiger partial charge in [-0.1, -0.05) is 24.3 Å². The van der Waals surface area contributed by atoms with E-state index in [1.165, 1.54) is 12.8 Å². The predicted octanol–water partition coefficient (Wildman–Crippen LogP) is 2.85. The first-order valence-corrected chi connectivity index (χ1v) is 7.59. The average Bonchev–Trinajstić information content (AvgIpc) is 3.22. The number of aromatic nitrogens is 2. The highest BCUT2D eigenvalue weighted by Gasteiger charge is 2.28. The van der Waals surface area contributed by atoms with Crippen molar-refractivity contribution in [1.82, 2.24) is 15.1 Å². The number of carboxylic acid groups (broad SMARTS) is 1. The van der Waals surface area contributed by atoms with Gasteiger partial charge in [0.2, 0.25) is 0 Å². The van der Waals surface area contributed by atoms with E-state index in [1.807, 2.05) is 43.1 Å². The largest absolute Gasteiger partial charge is 0.480 e. The van der Waals surface area contributed by atoms with Crippen molar-refractivity contribution in [2.24, 2.45) is 0 Å². The maximum Gasteiger partial charge on any atom is 0.325 e. The first-order valence-electron chi connectivity index (χ1n) is 7.59. The third kappa shape index (κ3) is 3.04. The Kier molecular flexibility index (Phi) is 3.98. The molecule has 1 aliphatic carbocycles. The molecular formula is C17H21N3O2. The molecule has 1 fully saturated rings. The molecular weight excluding hydrogens is 278 g/mol. The summed E-state index contributed by atoms with van der Waals surface area (Å²) in [4.78, 5) is 13.6. The van der Waals surface area contributed by atoms with Crippen molar-refractivity contribution in [2.75, 3.05) is 7.05 Å². The second-order valence-corrected chi connectivity index (χ2v) is 6.10. The van der Waals surface area contributed by atoms with Crippen LogP contribution in [0.4, 0.5) is 0 Å². The maximum absolute atomic E-state index is 11.7. The molecule has 22 heavy (non-hydrogen) atoms. The number of hydrogen-bond donors (Lipinski definition) is 2. The minimum atomic E-state index is -0.835. The Labute approximate surface area is 130 Å². The van der Waals surface area contributed by atoms with Gasteiger partial charge in [0.15, 0.2) is 0 Å². The van der Waals surface area contributed by atoms with Crippen LogP contribution in [0.5, 0.6) is 0 Å². The number of hydrogen-bond acceptors (Lipinski definition) is 3. The fourth-order valence-corrected chi connectivity index (χ4v) is 2.86. The molecule has 0 saturated heterocycles. The fraction of sp³-hybridized carbons (Fsp3) is 0.412. The molecule has 0 amide bonds. The molecule has 1 aliphatic rings. The molecule has 0 unspecified atom stereocenters. The zero-order valence-corrected chi connectivity index (χ0v) is 12.9. The van der Waals surface area contributed by atoms with Crippen molar-refractivity contribution >= 4 is 5.97 Å². The molecule has 5 heteroatoms. The van der Waals surface area contributed by atoms with E-state index in [1.54, 1.807) is 0 Å². The zero-order chi connectivity index (χ0) is 15.7. The number of benzene rings is 1. The molecule has 1 heterocycles. The molecule has 3 rings (SSSR count). The van der Waals surface area contributed by atoms with Crippen LogP contribution in [0.1, 0.15) is 47.3 Å². The zero-order valence-electron chi connectivity index (χ0n) is 12.9. The van der Waals surface area contributed by atoms with Gasteiger partial charge in [0, 0.05) is 18.2 Å². The van der Waals surface area contributed by atoms with Gasteiger partial charge in [0.1, 0.15) is 6.04 Å². The van der Waals surface area contributed by atoms with E-state index < -0.39 is 12.0 Å². The van der Waals surface area contributed by atoms with Gasteiger partial charge < -0.3 is 5.11 Å². The number of carbonyl (C=O) groups is 1. The molecule has 5 nitrogen and oxygen atoms in total. The van der Waals surface area contributed by atoms with Gasteiger partial charge in [0.25, 0.3) is 0 Å². The highest BCUT2D eigenvalue weighted by Crippen LogP contribution is 2.39. The smallest absolute Gasteiger partial charge is 0.325 e. The van der Waals surface area contributed by atoms with Crippen molar-refractivity contribution in [3.05, 3.63) is 52.8 Å². The Morgan fingerprint density at radius 1 is 1.45 bits per heavy atom. The number of nitrogens with zero attached hydrogens (tertiary/aromatic N) is 2. The number of carboxylic acids is 1. The Balaban J connectivity index is 1.78. The van der Waals surface area contributed by atoms with Crippen molar-refractivity contribution < 1.29 is 9.90 Å². The van der Waals surface area contributed by atoms with Crippen molar-refractivity contribution in [1.29, 1.82) is 0 Å². The second kappa shape index (κ2) is 5.93. The van der Waals surface area contributed by atoms with Crippen molar-refractivity contribution in [3.8, 4) is 0 Å². The molecule has 0 bridgehead atoms. The summed E-state index contributed by atoms with van der Waals surface area (Å²) in [7, 11) is 1.84. The van der Waals surface area contributed by atoms with Gasteiger partial charge in [-0.15, -0.1) is 0 Å². The van der Waals surface area contributed by atoms with Crippen LogP contribution in [0.15, 0.2) is 30.3 Å². The standard InChI is InChI=1S/C17H21N3O2/c1-11-5-3-4-6-14(11)16(17(21)22)20(2)10-13-9-15(19-18-13)12-7-8-12/h3-6,9,12,16H,7-8,10H2,1-2H3,(H,18,19)(H,21,22)/t16-/m1/s1. The fourth-order valence-electron chi connectivity index (χ4n) is 2.86. The Hall–Kier alpha value is -2.14. The van der Waals surface area contributed by atoms with E-state index in [2.05, 4.69) is 16.3 Å². The van der Waals surface area contributed by atoms with E-state index in [0.717, 1.165) is 22.5 Å². The molecule has 2 N–H and O–H groups in total. The van der Waals surface area contributed by atoms with Crippen LogP contribution >= 0.6 is 0 Å². The lowest BCUT2D eigenvalue weighted by atomic mass is 10.00. The minimum absolute atomic E-state index is 0.533. The minimum Gasteiger partial charge on any atom is -0.480 e. The monoisotopic (exact) mass is 299 g/mol. The molecule has 1 aromatic heterocycles. The predicted molar refractivity (Wildman–Crippen MR) is 83.6 cm³/mol. The topological polar surface area (TPSA) is 69.2 Å². The molecule has 0 spiro atoms. The SMILES string of the molecule is Cc1ccccc1[C@H](C(=O)O)N(C)Cc1cc(C2CC2)n[nH]1. The van der Waals surface area contributed by atoms with E-state index in [9.17, 15) is 9.90 Å². The first-order chi connectivity index (χ1) is 10.6. The number of H-pyrrole nitrogens is 1. The lowest BCUT2D eigenvalue weighted by molar-refractivity contribution is -0.143. The lowest BCUT2D eigenvalue weighted by Crippen LogP contribution is -2.31. The quantitative estimate of drug-likeness (QED) is 0.860. The van der Waals surface area contributed by atoms with Crippen molar-refractivity contribution in [2.45, 2.75) is 38.3 Å². The van der Waals surface area contributed by atoms with Crippen LogP contribution in [0.2, 0.25) is 0 Å². The number of likely N-dealkylation sites (N-methyl/N-ethyl adjacent to an activating group) is 1. The molecule has 1 atom stereocenters. The van der Waals surface area contributed by atoms with Gasteiger partial charge in [-0.05, 0) is 44.0 Å². The van der Waals surface area contributed by atoms with Crippen LogP contribution in [-0.2, 0) is 11.3 Å². The van der Waals surface area contributed by atoms with Crippen LogP contribution in [-0.4, -0.2) is 33.2 Å². The van der Waals surface area contributed by atoms with Crippen molar-refractivity contribution in [3.63, 3.8) is 0 Å². The number of aliphatic carboxylic acids is 1. The third-order valence-corrected chi connectivity index (χ3v) is 4.22. The Bertz CT molecular complexity index is 676. The Morgan fingerprint density at radius 2 is 2.18 bits per heavy atom. The highest BCUT2D eigenvalue weighted by atomic mass is 16.4. The summed E-state index contributed by atoms with van der Waals surface area (Å²) < 4.78 is 0. The van der Waals surface area contributed by atoms with Gasteiger partial charge in [-0.3, -0.25) is 14.8 Å². The average molecular weight is 299 g/mol. The molecule has 0 radical (unpaired) electrons. The van der Waals surface area contributed by atoms with E-state index >= 15 is 0 Å². The number of nitrogens with one attached hydrogen (secondary N) is 1. The number of aryl methyl sites for hydroxylation is 1.